The topological polar surface area (TPSA) is 57.6 Å². The van der Waals surface area contributed by atoms with E-state index in [9.17, 15) is 9.59 Å². The molecule has 80 valence electrons. The number of carboxylic acid groups (broad SMARTS) is 1. The standard InChI is InChI=1S/C10H17NO3/c1-7(6-10(13)14)9-4-3-5-11(9)8(2)12/h7,9H,3-6H2,1-2H3,(H,13,14). The highest BCUT2D eigenvalue weighted by Crippen LogP contribution is 2.25. The molecule has 1 aliphatic heterocycles. The quantitative estimate of drug-likeness (QED) is 0.740. The molecule has 4 heteroatoms. The average Bonchev–Trinajstić information content (AvgIpc) is 2.49. The van der Waals surface area contributed by atoms with Gasteiger partial charge in [0.2, 0.25) is 5.91 Å². The van der Waals surface area contributed by atoms with Gasteiger partial charge in [-0.05, 0) is 18.8 Å². The molecule has 0 aromatic heterocycles. The lowest BCUT2D eigenvalue weighted by molar-refractivity contribution is -0.140. The normalized spacial score (nSPS) is 23.6. The van der Waals surface area contributed by atoms with E-state index in [1.54, 1.807) is 11.8 Å². The van der Waals surface area contributed by atoms with Crippen molar-refractivity contribution >= 4 is 11.9 Å². The van der Waals surface area contributed by atoms with E-state index >= 15 is 0 Å². The lowest BCUT2D eigenvalue weighted by atomic mass is 9.96. The van der Waals surface area contributed by atoms with Gasteiger partial charge in [-0.2, -0.15) is 0 Å². The zero-order chi connectivity index (χ0) is 10.7. The van der Waals surface area contributed by atoms with Gasteiger partial charge in [-0.15, -0.1) is 0 Å². The van der Waals surface area contributed by atoms with Gasteiger partial charge in [-0.1, -0.05) is 6.92 Å². The summed E-state index contributed by atoms with van der Waals surface area (Å²) in [5.74, 6) is -0.670. The number of carbonyl (C=O) groups is 2. The Morgan fingerprint density at radius 1 is 1.57 bits per heavy atom. The van der Waals surface area contributed by atoms with Gasteiger partial charge in [0.1, 0.15) is 0 Å². The molecule has 1 saturated heterocycles. The molecule has 1 rings (SSSR count). The maximum Gasteiger partial charge on any atom is 0.303 e. The molecule has 0 aromatic carbocycles. The van der Waals surface area contributed by atoms with E-state index in [-0.39, 0.29) is 24.3 Å². The number of likely N-dealkylation sites (tertiary alicyclic amines) is 1. The molecule has 0 aromatic rings. The molecule has 0 bridgehead atoms. The molecule has 14 heavy (non-hydrogen) atoms. The summed E-state index contributed by atoms with van der Waals surface area (Å²) in [5.41, 5.74) is 0. The van der Waals surface area contributed by atoms with Gasteiger partial charge in [0.25, 0.3) is 0 Å². The first-order chi connectivity index (χ1) is 6.52. The van der Waals surface area contributed by atoms with Crippen LogP contribution in [0.3, 0.4) is 0 Å². The van der Waals surface area contributed by atoms with E-state index < -0.39 is 5.97 Å². The second-order valence-corrected chi connectivity index (χ2v) is 4.00. The lowest BCUT2D eigenvalue weighted by Gasteiger charge is -2.27. The molecule has 1 fully saturated rings. The van der Waals surface area contributed by atoms with Crippen LogP contribution in [0.1, 0.15) is 33.1 Å². The van der Waals surface area contributed by atoms with E-state index in [2.05, 4.69) is 0 Å². The highest BCUT2D eigenvalue weighted by Gasteiger charge is 2.31. The summed E-state index contributed by atoms with van der Waals surface area (Å²) < 4.78 is 0. The lowest BCUT2D eigenvalue weighted by Crippen LogP contribution is -2.38. The Balaban J connectivity index is 2.57. The summed E-state index contributed by atoms with van der Waals surface area (Å²) in [6, 6.07) is 0.128. The Labute approximate surface area is 83.9 Å². The SMILES string of the molecule is CC(=O)N1CCCC1C(C)CC(=O)O. The van der Waals surface area contributed by atoms with Crippen LogP contribution in [0.15, 0.2) is 0 Å². The van der Waals surface area contributed by atoms with Gasteiger partial charge in [0.05, 0.1) is 0 Å². The first-order valence-corrected chi connectivity index (χ1v) is 5.01. The summed E-state index contributed by atoms with van der Waals surface area (Å²) in [6.45, 7) is 4.23. The van der Waals surface area contributed by atoms with Crippen molar-refractivity contribution in [3.8, 4) is 0 Å². The van der Waals surface area contributed by atoms with Crippen molar-refractivity contribution in [3.05, 3.63) is 0 Å². The Bertz CT molecular complexity index is 240. The number of hydrogen-bond donors (Lipinski definition) is 1. The number of aliphatic carboxylic acids is 1. The van der Waals surface area contributed by atoms with Gasteiger partial charge in [0.15, 0.2) is 0 Å². The van der Waals surface area contributed by atoms with Gasteiger partial charge in [0, 0.05) is 25.9 Å². The van der Waals surface area contributed by atoms with Crippen LogP contribution in [0.5, 0.6) is 0 Å². The van der Waals surface area contributed by atoms with Crippen LogP contribution in [0.4, 0.5) is 0 Å². The Hall–Kier alpha value is -1.06. The minimum absolute atomic E-state index is 0.0545. The summed E-state index contributed by atoms with van der Waals surface area (Å²) in [6.07, 6.45) is 2.08. The number of amides is 1. The van der Waals surface area contributed by atoms with Crippen molar-refractivity contribution in [2.75, 3.05) is 6.54 Å². The van der Waals surface area contributed by atoms with Crippen LogP contribution in [0.25, 0.3) is 0 Å². The Morgan fingerprint density at radius 2 is 2.21 bits per heavy atom. The number of hydrogen-bond acceptors (Lipinski definition) is 2. The van der Waals surface area contributed by atoms with E-state index in [1.165, 1.54) is 0 Å². The fourth-order valence-electron chi connectivity index (χ4n) is 2.19. The smallest absolute Gasteiger partial charge is 0.303 e. The second-order valence-electron chi connectivity index (χ2n) is 4.00. The fraction of sp³-hybridized carbons (Fsp3) is 0.800. The van der Waals surface area contributed by atoms with Gasteiger partial charge < -0.3 is 10.0 Å². The van der Waals surface area contributed by atoms with Crippen LogP contribution >= 0.6 is 0 Å². The molecular weight excluding hydrogens is 182 g/mol. The van der Waals surface area contributed by atoms with Crippen molar-refractivity contribution in [1.29, 1.82) is 0 Å². The third-order valence-corrected chi connectivity index (χ3v) is 2.86. The summed E-state index contributed by atoms with van der Waals surface area (Å²) in [5, 5.41) is 8.67. The van der Waals surface area contributed by atoms with Crippen molar-refractivity contribution in [3.63, 3.8) is 0 Å². The molecule has 1 aliphatic rings. The average molecular weight is 199 g/mol. The molecule has 1 N–H and O–H groups in total. The summed E-state index contributed by atoms with van der Waals surface area (Å²) >= 11 is 0. The first-order valence-electron chi connectivity index (χ1n) is 5.01. The third-order valence-electron chi connectivity index (χ3n) is 2.86. The maximum atomic E-state index is 11.2. The van der Waals surface area contributed by atoms with Gasteiger partial charge in [-0.3, -0.25) is 9.59 Å². The molecule has 4 nitrogen and oxygen atoms in total. The highest BCUT2D eigenvalue weighted by molar-refractivity contribution is 5.74. The molecule has 0 saturated carbocycles. The van der Waals surface area contributed by atoms with Crippen LogP contribution in [0, 0.1) is 5.92 Å². The molecular formula is C10H17NO3. The summed E-state index contributed by atoms with van der Waals surface area (Å²) in [7, 11) is 0. The van der Waals surface area contributed by atoms with E-state index in [4.69, 9.17) is 5.11 Å². The number of rotatable bonds is 3. The van der Waals surface area contributed by atoms with Crippen LogP contribution in [-0.4, -0.2) is 34.5 Å². The molecule has 1 heterocycles. The van der Waals surface area contributed by atoms with Gasteiger partial charge in [-0.25, -0.2) is 0 Å². The van der Waals surface area contributed by atoms with Crippen molar-refractivity contribution in [2.45, 2.75) is 39.2 Å². The first kappa shape index (κ1) is 11.0. The predicted molar refractivity (Wildman–Crippen MR) is 51.8 cm³/mol. The molecule has 0 radical (unpaired) electrons. The second kappa shape index (κ2) is 4.44. The van der Waals surface area contributed by atoms with Crippen molar-refractivity contribution < 1.29 is 14.7 Å². The van der Waals surface area contributed by atoms with Crippen LogP contribution < -0.4 is 0 Å². The van der Waals surface area contributed by atoms with Gasteiger partial charge >= 0.3 is 5.97 Å². The zero-order valence-corrected chi connectivity index (χ0v) is 8.69. The molecule has 1 amide bonds. The molecule has 2 unspecified atom stereocenters. The Kier molecular flexibility index (Phi) is 3.49. The largest absolute Gasteiger partial charge is 0.481 e. The number of nitrogens with zero attached hydrogens (tertiary/aromatic N) is 1. The predicted octanol–water partition coefficient (Wildman–Crippen LogP) is 1.11. The molecule has 2 atom stereocenters. The molecule has 0 spiro atoms. The van der Waals surface area contributed by atoms with E-state index in [0.717, 1.165) is 19.4 Å². The molecule has 0 aliphatic carbocycles. The van der Waals surface area contributed by atoms with Crippen LogP contribution in [-0.2, 0) is 9.59 Å². The summed E-state index contributed by atoms with van der Waals surface area (Å²) in [4.78, 5) is 23.6. The van der Waals surface area contributed by atoms with E-state index in [0.29, 0.717) is 0 Å². The van der Waals surface area contributed by atoms with Crippen LogP contribution in [0.2, 0.25) is 0 Å². The van der Waals surface area contributed by atoms with Crippen molar-refractivity contribution in [1.82, 2.24) is 4.90 Å². The van der Waals surface area contributed by atoms with Crippen molar-refractivity contribution in [2.24, 2.45) is 5.92 Å². The minimum Gasteiger partial charge on any atom is -0.481 e. The third kappa shape index (κ3) is 2.47. The fourth-order valence-corrected chi connectivity index (χ4v) is 2.19. The number of carboxylic acids is 1. The van der Waals surface area contributed by atoms with E-state index in [1.807, 2.05) is 6.92 Å². The maximum absolute atomic E-state index is 11.2. The zero-order valence-electron chi connectivity index (χ0n) is 8.69. The number of carbonyl (C=O) groups excluding carboxylic acids is 1. The minimum atomic E-state index is -0.784. The Morgan fingerprint density at radius 3 is 2.71 bits per heavy atom. The monoisotopic (exact) mass is 199 g/mol. The highest BCUT2D eigenvalue weighted by atomic mass is 16.4.